The van der Waals surface area contributed by atoms with Crippen molar-refractivity contribution >= 4 is 5.69 Å². The Bertz CT molecular complexity index is 856. The Morgan fingerprint density at radius 2 is 2.04 bits per heavy atom. The van der Waals surface area contributed by atoms with Gasteiger partial charge in [-0.25, -0.2) is 4.39 Å². The van der Waals surface area contributed by atoms with Gasteiger partial charge in [-0.05, 0) is 48.7 Å². The van der Waals surface area contributed by atoms with Crippen molar-refractivity contribution in [3.63, 3.8) is 0 Å². The number of fused-ring (bicyclic) bond motifs is 3. The molecule has 1 saturated heterocycles. The molecule has 0 aliphatic carbocycles. The fourth-order valence-electron chi connectivity index (χ4n) is 5.31. The topological polar surface area (TPSA) is 24.9 Å². The third-order valence-corrected chi connectivity index (χ3v) is 6.57. The van der Waals surface area contributed by atoms with Crippen molar-refractivity contribution in [1.82, 2.24) is 4.90 Å². The second-order valence-electron chi connectivity index (χ2n) is 8.35. The van der Waals surface area contributed by atoms with E-state index in [1.54, 1.807) is 12.1 Å². The van der Waals surface area contributed by atoms with Crippen LogP contribution in [-0.2, 0) is 5.41 Å². The molecule has 2 atom stereocenters. The number of likely N-dealkylation sites (tertiary alicyclic amines) is 1. The Kier molecular flexibility index (Phi) is 4.43. The molecule has 5 rings (SSSR count). The van der Waals surface area contributed by atoms with Gasteiger partial charge in [-0.2, -0.15) is 0 Å². The van der Waals surface area contributed by atoms with Gasteiger partial charge in [0.2, 0.25) is 0 Å². The van der Waals surface area contributed by atoms with Crippen molar-refractivity contribution in [3.8, 4) is 11.5 Å². The fourth-order valence-corrected chi connectivity index (χ4v) is 5.31. The van der Waals surface area contributed by atoms with Gasteiger partial charge in [-0.3, -0.25) is 0 Å². The molecule has 3 heterocycles. The van der Waals surface area contributed by atoms with Crippen LogP contribution in [0.25, 0.3) is 0 Å². The maximum Gasteiger partial charge on any atom is 0.143 e. The van der Waals surface area contributed by atoms with E-state index in [0.717, 1.165) is 50.7 Å². The number of benzene rings is 2. The van der Waals surface area contributed by atoms with E-state index in [9.17, 15) is 4.39 Å². The smallest absolute Gasteiger partial charge is 0.143 e. The molecule has 3 aliphatic heterocycles. The van der Waals surface area contributed by atoms with E-state index in [1.165, 1.54) is 29.8 Å². The highest BCUT2D eigenvalue weighted by atomic mass is 19.1. The van der Waals surface area contributed by atoms with Crippen LogP contribution < -0.4 is 14.4 Å². The Hall–Kier alpha value is -2.27. The predicted octanol–water partition coefficient (Wildman–Crippen LogP) is 3.84. The minimum absolute atomic E-state index is 0.148. The van der Waals surface area contributed by atoms with Gasteiger partial charge in [0.25, 0.3) is 0 Å². The van der Waals surface area contributed by atoms with E-state index in [2.05, 4.69) is 34.9 Å². The lowest BCUT2D eigenvalue weighted by atomic mass is 9.74. The van der Waals surface area contributed by atoms with E-state index in [-0.39, 0.29) is 11.2 Å². The Balaban J connectivity index is 1.23. The zero-order valence-electron chi connectivity index (χ0n) is 16.4. The highest BCUT2D eigenvalue weighted by molar-refractivity contribution is 5.73. The van der Waals surface area contributed by atoms with Crippen LogP contribution in [0.4, 0.5) is 10.1 Å². The SMILES string of the molecule is C[C@@]12CN(CCCOc3ccc(F)cc3)CC[C@@H]1N1CCOc3cccc2c31. The molecule has 0 unspecified atom stereocenters. The van der Waals surface area contributed by atoms with Gasteiger partial charge in [0.15, 0.2) is 0 Å². The first-order valence-electron chi connectivity index (χ1n) is 10.3. The summed E-state index contributed by atoms with van der Waals surface area (Å²) in [4.78, 5) is 5.17. The fraction of sp³-hybridized carbons (Fsp3) is 0.478. The van der Waals surface area contributed by atoms with Crippen LogP contribution in [0.3, 0.4) is 0 Å². The van der Waals surface area contributed by atoms with Crippen LogP contribution in [0.1, 0.15) is 25.3 Å². The quantitative estimate of drug-likeness (QED) is 0.734. The Morgan fingerprint density at radius 1 is 1.18 bits per heavy atom. The zero-order valence-corrected chi connectivity index (χ0v) is 16.4. The summed E-state index contributed by atoms with van der Waals surface area (Å²) in [5.41, 5.74) is 2.93. The van der Waals surface area contributed by atoms with Crippen LogP contribution in [0, 0.1) is 5.82 Å². The molecule has 4 nitrogen and oxygen atoms in total. The number of halogens is 1. The third kappa shape index (κ3) is 2.93. The summed E-state index contributed by atoms with van der Waals surface area (Å²) >= 11 is 0. The molecule has 2 aromatic carbocycles. The molecule has 28 heavy (non-hydrogen) atoms. The van der Waals surface area contributed by atoms with Crippen LogP contribution in [0.5, 0.6) is 11.5 Å². The molecule has 1 fully saturated rings. The zero-order chi connectivity index (χ0) is 19.1. The Labute approximate surface area is 165 Å². The maximum absolute atomic E-state index is 13.0. The molecule has 0 amide bonds. The van der Waals surface area contributed by atoms with Crippen LogP contribution in [0.2, 0.25) is 0 Å². The summed E-state index contributed by atoms with van der Waals surface area (Å²) in [6, 6.07) is 13.4. The summed E-state index contributed by atoms with van der Waals surface area (Å²) in [5.74, 6) is 1.56. The minimum atomic E-state index is -0.230. The number of hydrogen-bond acceptors (Lipinski definition) is 4. The molecular formula is C23H27FN2O2. The van der Waals surface area contributed by atoms with Gasteiger partial charge in [0.05, 0.1) is 18.8 Å². The van der Waals surface area contributed by atoms with E-state index in [0.29, 0.717) is 12.6 Å². The molecule has 3 aliphatic rings. The normalized spacial score (nSPS) is 25.8. The monoisotopic (exact) mass is 382 g/mol. The summed E-state index contributed by atoms with van der Waals surface area (Å²) < 4.78 is 24.7. The van der Waals surface area contributed by atoms with Crippen molar-refractivity contribution in [2.75, 3.05) is 44.3 Å². The first-order chi connectivity index (χ1) is 13.6. The van der Waals surface area contributed by atoms with Crippen molar-refractivity contribution in [2.24, 2.45) is 0 Å². The first kappa shape index (κ1) is 17.8. The summed E-state index contributed by atoms with van der Waals surface area (Å²) in [7, 11) is 0. The van der Waals surface area contributed by atoms with Crippen molar-refractivity contribution in [3.05, 3.63) is 53.8 Å². The predicted molar refractivity (Wildman–Crippen MR) is 108 cm³/mol. The molecule has 5 heteroatoms. The van der Waals surface area contributed by atoms with Crippen molar-refractivity contribution < 1.29 is 13.9 Å². The molecular weight excluding hydrogens is 355 g/mol. The number of nitrogens with zero attached hydrogens (tertiary/aromatic N) is 2. The van der Waals surface area contributed by atoms with Crippen LogP contribution in [-0.4, -0.2) is 50.3 Å². The number of rotatable bonds is 5. The van der Waals surface area contributed by atoms with E-state index in [1.807, 2.05) is 0 Å². The molecule has 0 N–H and O–H groups in total. The molecule has 0 radical (unpaired) electrons. The highest BCUT2D eigenvalue weighted by Gasteiger charge is 2.52. The lowest BCUT2D eigenvalue weighted by Gasteiger charge is -2.45. The standard InChI is InChI=1S/C23H27FN2O2/c1-23-16-25(11-3-14-27-18-8-6-17(24)7-9-18)12-10-21(23)26-13-15-28-20-5-2-4-19(23)22(20)26/h2,4-9,21H,3,10-16H2,1H3/t21-,23-/m0/s1. The van der Waals surface area contributed by atoms with Gasteiger partial charge in [-0.1, -0.05) is 19.1 Å². The minimum Gasteiger partial charge on any atom is -0.494 e. The van der Waals surface area contributed by atoms with Crippen LogP contribution in [0.15, 0.2) is 42.5 Å². The average molecular weight is 382 g/mol. The molecule has 0 spiro atoms. The molecule has 0 aromatic heterocycles. The molecule has 0 saturated carbocycles. The number of piperidine rings is 1. The van der Waals surface area contributed by atoms with Gasteiger partial charge in [-0.15, -0.1) is 0 Å². The van der Waals surface area contributed by atoms with E-state index < -0.39 is 0 Å². The van der Waals surface area contributed by atoms with Gasteiger partial charge in [0.1, 0.15) is 23.9 Å². The van der Waals surface area contributed by atoms with Gasteiger partial charge >= 0.3 is 0 Å². The number of hydrogen-bond donors (Lipinski definition) is 0. The molecule has 148 valence electrons. The van der Waals surface area contributed by atoms with E-state index in [4.69, 9.17) is 9.47 Å². The third-order valence-electron chi connectivity index (χ3n) is 6.57. The lowest BCUT2D eigenvalue weighted by molar-refractivity contribution is 0.131. The number of anilines is 1. The highest BCUT2D eigenvalue weighted by Crippen LogP contribution is 2.53. The van der Waals surface area contributed by atoms with E-state index >= 15 is 0 Å². The average Bonchev–Trinajstić information content (AvgIpc) is 2.97. The first-order valence-corrected chi connectivity index (χ1v) is 10.3. The maximum atomic E-state index is 13.0. The Morgan fingerprint density at radius 3 is 2.89 bits per heavy atom. The second kappa shape index (κ2) is 6.96. The second-order valence-corrected chi connectivity index (χ2v) is 8.35. The summed E-state index contributed by atoms with van der Waals surface area (Å²) in [6.07, 6.45) is 2.15. The van der Waals surface area contributed by atoms with Crippen LogP contribution >= 0.6 is 0 Å². The van der Waals surface area contributed by atoms with Gasteiger partial charge < -0.3 is 19.3 Å². The number of ether oxygens (including phenoxy) is 2. The number of para-hydroxylation sites is 1. The largest absolute Gasteiger partial charge is 0.494 e. The van der Waals surface area contributed by atoms with Crippen molar-refractivity contribution in [1.29, 1.82) is 0 Å². The molecule has 2 aromatic rings. The van der Waals surface area contributed by atoms with Crippen molar-refractivity contribution in [2.45, 2.75) is 31.2 Å². The molecule has 0 bridgehead atoms. The summed E-state index contributed by atoms with van der Waals surface area (Å²) in [5, 5.41) is 0. The summed E-state index contributed by atoms with van der Waals surface area (Å²) in [6.45, 7) is 8.08. The lowest BCUT2D eigenvalue weighted by Crippen LogP contribution is -2.56. The van der Waals surface area contributed by atoms with Gasteiger partial charge in [0, 0.05) is 31.1 Å².